The van der Waals surface area contributed by atoms with Gasteiger partial charge in [-0.25, -0.2) is 0 Å². The number of aliphatic hydroxyl groups excluding tert-OH is 1. The summed E-state index contributed by atoms with van der Waals surface area (Å²) in [4.78, 5) is 11.9. The number of rotatable bonds is 8. The molecule has 0 amide bonds. The van der Waals surface area contributed by atoms with Crippen molar-refractivity contribution in [2.24, 2.45) is 0 Å². The molecule has 4 aromatic rings. The minimum Gasteiger partial charge on any atom is -0.545 e. The number of aromatic carboxylic acids is 1. The van der Waals surface area contributed by atoms with Gasteiger partial charge in [-0.2, -0.15) is 0 Å². The monoisotopic (exact) mass is 520 g/mol. The van der Waals surface area contributed by atoms with E-state index < -0.39 is 12.6 Å². The first-order valence-electron chi connectivity index (χ1n) is 12.4. The Morgan fingerprint density at radius 2 is 1.76 bits per heavy atom. The third kappa shape index (κ3) is 5.66. The number of fused-ring (bicyclic) bond motifs is 1. The van der Waals surface area contributed by atoms with Crippen LogP contribution in [0.2, 0.25) is 0 Å². The van der Waals surface area contributed by atoms with E-state index in [9.17, 15) is 15.0 Å². The Balaban J connectivity index is 0.00000336. The molecular formula is C31H29NaO6. The number of aliphatic hydroxyl groups is 1. The normalized spacial score (nSPS) is 14.6. The number of carbonyl (C=O) groups excluding carboxylic acids is 1. The summed E-state index contributed by atoms with van der Waals surface area (Å²) in [6.07, 6.45) is 1.61. The van der Waals surface area contributed by atoms with Gasteiger partial charge in [0.05, 0.1) is 18.2 Å². The zero-order valence-corrected chi connectivity index (χ0v) is 23.7. The maximum Gasteiger partial charge on any atom is 1.00 e. The van der Waals surface area contributed by atoms with Crippen LogP contribution >= 0.6 is 0 Å². The molecule has 1 N–H and O–H groups in total. The average Bonchev–Trinajstić information content (AvgIpc) is 2.95. The van der Waals surface area contributed by atoms with Gasteiger partial charge >= 0.3 is 29.6 Å². The zero-order valence-electron chi connectivity index (χ0n) is 21.7. The number of carboxylic acids is 1. The summed E-state index contributed by atoms with van der Waals surface area (Å²) >= 11 is 0. The summed E-state index contributed by atoms with van der Waals surface area (Å²) in [6.45, 7) is 1.28. The van der Waals surface area contributed by atoms with Crippen LogP contribution in [-0.2, 0) is 28.3 Å². The van der Waals surface area contributed by atoms with E-state index in [0.29, 0.717) is 42.1 Å². The molecule has 1 aliphatic heterocycles. The molecule has 0 bridgehead atoms. The molecule has 1 saturated heterocycles. The van der Waals surface area contributed by atoms with E-state index in [4.69, 9.17) is 14.2 Å². The number of hydrogen-bond donors (Lipinski definition) is 1. The standard InChI is InChI=1S/C31H30O6.Na/c1-35-31(12-14-36-15-13-31)24-9-5-6-21(16-24)20-37-25-10-11-26-23(17-25)18-27(30(33)34)28(19-32)29(26)22-7-3-2-4-8-22;/h2-11,16-18,32H,12-15,19-20H2,1H3,(H,33,34);/q;+1/p-1. The van der Waals surface area contributed by atoms with Gasteiger partial charge in [-0.1, -0.05) is 54.6 Å². The number of ether oxygens (including phenoxy) is 3. The summed E-state index contributed by atoms with van der Waals surface area (Å²) in [5.41, 5.74) is 3.59. The summed E-state index contributed by atoms with van der Waals surface area (Å²) in [5.74, 6) is -0.711. The first-order chi connectivity index (χ1) is 18.0. The van der Waals surface area contributed by atoms with Crippen molar-refractivity contribution in [3.63, 3.8) is 0 Å². The fraction of sp³-hybridized carbons (Fsp3) is 0.258. The predicted octanol–water partition coefficient (Wildman–Crippen LogP) is 1.60. The molecule has 0 saturated carbocycles. The van der Waals surface area contributed by atoms with Gasteiger partial charge in [0.25, 0.3) is 0 Å². The second-order valence-corrected chi connectivity index (χ2v) is 9.27. The van der Waals surface area contributed by atoms with Crippen LogP contribution in [0.1, 0.15) is 39.9 Å². The van der Waals surface area contributed by atoms with Gasteiger partial charge in [-0.15, -0.1) is 0 Å². The Morgan fingerprint density at radius 1 is 1.00 bits per heavy atom. The fourth-order valence-electron chi connectivity index (χ4n) is 5.22. The van der Waals surface area contributed by atoms with Crippen LogP contribution in [0.25, 0.3) is 21.9 Å². The maximum atomic E-state index is 11.9. The van der Waals surface area contributed by atoms with E-state index >= 15 is 0 Å². The van der Waals surface area contributed by atoms with Crippen molar-refractivity contribution in [3.05, 3.63) is 101 Å². The molecule has 1 aliphatic rings. The fourth-order valence-corrected chi connectivity index (χ4v) is 5.22. The molecule has 190 valence electrons. The quantitative estimate of drug-likeness (QED) is 0.355. The molecule has 0 spiro atoms. The van der Waals surface area contributed by atoms with Crippen LogP contribution in [-0.4, -0.2) is 31.4 Å². The van der Waals surface area contributed by atoms with Crippen molar-refractivity contribution >= 4 is 16.7 Å². The molecule has 6 nitrogen and oxygen atoms in total. The minimum absolute atomic E-state index is 0. The van der Waals surface area contributed by atoms with Crippen molar-refractivity contribution in [2.45, 2.75) is 31.7 Å². The summed E-state index contributed by atoms with van der Waals surface area (Å²) in [7, 11) is 1.75. The van der Waals surface area contributed by atoms with E-state index in [-0.39, 0.29) is 40.7 Å². The molecule has 0 aromatic heterocycles. The van der Waals surface area contributed by atoms with Gasteiger partial charge in [0, 0.05) is 38.7 Å². The molecular weight excluding hydrogens is 491 g/mol. The Morgan fingerprint density at radius 3 is 2.45 bits per heavy atom. The van der Waals surface area contributed by atoms with Crippen LogP contribution in [0.15, 0.2) is 78.9 Å². The van der Waals surface area contributed by atoms with Crippen molar-refractivity contribution in [1.82, 2.24) is 0 Å². The molecule has 5 rings (SSSR count). The van der Waals surface area contributed by atoms with Crippen LogP contribution in [0, 0.1) is 0 Å². The van der Waals surface area contributed by atoms with E-state index in [1.807, 2.05) is 60.7 Å². The molecule has 1 fully saturated rings. The molecule has 0 unspecified atom stereocenters. The first kappa shape index (κ1) is 28.3. The van der Waals surface area contributed by atoms with Gasteiger partial charge < -0.3 is 29.2 Å². The Labute approximate surface area is 244 Å². The SMILES string of the molecule is COC1(c2cccc(COc3ccc4c(-c5ccccc5)c(CO)c(C(=O)[O-])cc4c3)c2)CCOCC1.[Na+]. The molecule has 38 heavy (non-hydrogen) atoms. The molecule has 4 aromatic carbocycles. The van der Waals surface area contributed by atoms with Crippen molar-refractivity contribution < 1.29 is 58.8 Å². The number of carbonyl (C=O) groups is 1. The Bertz CT molecular complexity index is 1410. The van der Waals surface area contributed by atoms with E-state index in [1.54, 1.807) is 13.2 Å². The predicted molar refractivity (Wildman–Crippen MR) is 139 cm³/mol. The number of hydrogen-bond acceptors (Lipinski definition) is 6. The summed E-state index contributed by atoms with van der Waals surface area (Å²) in [6, 6.07) is 24.8. The Kier molecular flexibility index (Phi) is 9.26. The Hall–Kier alpha value is -2.71. The molecule has 0 atom stereocenters. The third-order valence-corrected chi connectivity index (χ3v) is 7.21. The summed E-state index contributed by atoms with van der Waals surface area (Å²) in [5, 5.41) is 23.5. The minimum atomic E-state index is -1.33. The van der Waals surface area contributed by atoms with Crippen molar-refractivity contribution in [3.8, 4) is 16.9 Å². The topological polar surface area (TPSA) is 88.0 Å². The molecule has 0 radical (unpaired) electrons. The third-order valence-electron chi connectivity index (χ3n) is 7.21. The van der Waals surface area contributed by atoms with E-state index in [0.717, 1.165) is 34.9 Å². The van der Waals surface area contributed by atoms with Crippen molar-refractivity contribution in [2.75, 3.05) is 20.3 Å². The number of methoxy groups -OCH3 is 1. The second kappa shape index (κ2) is 12.4. The smallest absolute Gasteiger partial charge is 0.545 e. The second-order valence-electron chi connectivity index (χ2n) is 9.27. The zero-order chi connectivity index (χ0) is 25.8. The first-order valence-corrected chi connectivity index (χ1v) is 12.4. The van der Waals surface area contributed by atoms with Gasteiger partial charge in [-0.05, 0) is 62.9 Å². The number of benzene rings is 4. The van der Waals surface area contributed by atoms with E-state index in [2.05, 4.69) is 12.1 Å². The molecule has 0 aliphatic carbocycles. The van der Waals surface area contributed by atoms with Gasteiger partial charge in [0.15, 0.2) is 0 Å². The maximum absolute atomic E-state index is 11.9. The molecule has 7 heteroatoms. The summed E-state index contributed by atoms with van der Waals surface area (Å²) < 4.78 is 17.6. The van der Waals surface area contributed by atoms with Crippen LogP contribution in [0.5, 0.6) is 5.75 Å². The van der Waals surface area contributed by atoms with Gasteiger partial charge in [0.2, 0.25) is 0 Å². The van der Waals surface area contributed by atoms with Gasteiger partial charge in [-0.3, -0.25) is 0 Å². The van der Waals surface area contributed by atoms with Crippen LogP contribution in [0.4, 0.5) is 0 Å². The number of carboxylic acid groups (broad SMARTS) is 1. The van der Waals surface area contributed by atoms with Gasteiger partial charge in [0.1, 0.15) is 12.4 Å². The van der Waals surface area contributed by atoms with Crippen LogP contribution in [0.3, 0.4) is 0 Å². The van der Waals surface area contributed by atoms with E-state index in [1.165, 1.54) is 0 Å². The van der Waals surface area contributed by atoms with Crippen LogP contribution < -0.4 is 39.4 Å². The average molecular weight is 521 g/mol. The molecule has 1 heterocycles. The largest absolute Gasteiger partial charge is 1.00 e. The van der Waals surface area contributed by atoms with Crippen molar-refractivity contribution in [1.29, 1.82) is 0 Å².